The summed E-state index contributed by atoms with van der Waals surface area (Å²) in [6, 6.07) is 1.11. The Hall–Kier alpha value is -1.89. The van der Waals surface area contributed by atoms with E-state index in [1.807, 2.05) is 0 Å². The summed E-state index contributed by atoms with van der Waals surface area (Å²) in [6.07, 6.45) is 4.35. The SMILES string of the molecule is O=C(O)c1ccnc(Sc2ncc[nH]2)c1F. The highest BCUT2D eigenvalue weighted by Gasteiger charge is 2.16. The number of pyridine rings is 1. The van der Waals surface area contributed by atoms with Gasteiger partial charge >= 0.3 is 5.97 Å². The summed E-state index contributed by atoms with van der Waals surface area (Å²) in [5, 5.41) is 9.15. The van der Waals surface area contributed by atoms with Crippen molar-refractivity contribution in [3.8, 4) is 0 Å². The molecule has 16 heavy (non-hydrogen) atoms. The predicted octanol–water partition coefficient (Wildman–Crippen LogP) is 1.79. The smallest absolute Gasteiger partial charge is 0.338 e. The highest BCUT2D eigenvalue weighted by atomic mass is 32.2. The van der Waals surface area contributed by atoms with E-state index in [4.69, 9.17) is 5.11 Å². The second kappa shape index (κ2) is 4.31. The van der Waals surface area contributed by atoms with E-state index in [9.17, 15) is 9.18 Å². The van der Waals surface area contributed by atoms with Gasteiger partial charge in [0.15, 0.2) is 11.0 Å². The van der Waals surface area contributed by atoms with Crippen molar-refractivity contribution in [1.82, 2.24) is 15.0 Å². The first kappa shape index (κ1) is 10.6. The lowest BCUT2D eigenvalue weighted by Gasteiger charge is -2.01. The Morgan fingerprint density at radius 1 is 1.44 bits per heavy atom. The van der Waals surface area contributed by atoms with Crippen LogP contribution in [0.3, 0.4) is 0 Å². The molecule has 0 saturated carbocycles. The first-order chi connectivity index (χ1) is 7.68. The number of carboxylic acids is 1. The summed E-state index contributed by atoms with van der Waals surface area (Å²) in [5.74, 6) is -2.17. The largest absolute Gasteiger partial charge is 0.478 e. The van der Waals surface area contributed by atoms with E-state index < -0.39 is 17.3 Å². The Balaban J connectivity index is 2.35. The third-order valence-corrected chi connectivity index (χ3v) is 2.65. The number of hydrogen-bond acceptors (Lipinski definition) is 4. The quantitative estimate of drug-likeness (QED) is 0.853. The molecule has 0 unspecified atom stereocenters. The molecule has 2 heterocycles. The summed E-state index contributed by atoms with van der Waals surface area (Å²) in [4.78, 5) is 21.1. The maximum absolute atomic E-state index is 13.6. The number of aromatic amines is 1. The van der Waals surface area contributed by atoms with Crippen LogP contribution in [0.1, 0.15) is 10.4 Å². The van der Waals surface area contributed by atoms with Gasteiger partial charge in [-0.25, -0.2) is 19.2 Å². The van der Waals surface area contributed by atoms with E-state index in [1.54, 1.807) is 6.20 Å². The van der Waals surface area contributed by atoms with Gasteiger partial charge in [0.25, 0.3) is 0 Å². The minimum Gasteiger partial charge on any atom is -0.478 e. The van der Waals surface area contributed by atoms with Gasteiger partial charge in [-0.15, -0.1) is 0 Å². The van der Waals surface area contributed by atoms with Crippen molar-refractivity contribution in [3.63, 3.8) is 0 Å². The number of aromatic carboxylic acids is 1. The van der Waals surface area contributed by atoms with E-state index in [1.165, 1.54) is 12.4 Å². The molecule has 2 aromatic rings. The molecular weight excluding hydrogens is 233 g/mol. The molecule has 0 bridgehead atoms. The van der Waals surface area contributed by atoms with Crippen LogP contribution in [0, 0.1) is 5.82 Å². The monoisotopic (exact) mass is 239 g/mol. The zero-order valence-corrected chi connectivity index (χ0v) is 8.66. The summed E-state index contributed by atoms with van der Waals surface area (Å²) in [6.45, 7) is 0. The van der Waals surface area contributed by atoms with Crippen molar-refractivity contribution in [2.24, 2.45) is 0 Å². The van der Waals surface area contributed by atoms with Crippen molar-refractivity contribution in [3.05, 3.63) is 36.0 Å². The van der Waals surface area contributed by atoms with E-state index >= 15 is 0 Å². The van der Waals surface area contributed by atoms with E-state index in [0.717, 1.165) is 17.8 Å². The number of imidazole rings is 1. The number of H-pyrrole nitrogens is 1. The second-order valence-corrected chi connectivity index (χ2v) is 3.76. The molecule has 0 aromatic carbocycles. The summed E-state index contributed by atoms with van der Waals surface area (Å²) < 4.78 is 13.6. The number of nitrogens with one attached hydrogen (secondary N) is 1. The van der Waals surface area contributed by atoms with Gasteiger partial charge in [-0.2, -0.15) is 0 Å². The van der Waals surface area contributed by atoms with E-state index in [2.05, 4.69) is 15.0 Å². The highest BCUT2D eigenvalue weighted by Crippen LogP contribution is 2.26. The molecule has 0 fully saturated rings. The number of aromatic nitrogens is 3. The zero-order chi connectivity index (χ0) is 11.5. The van der Waals surface area contributed by atoms with Crippen LogP contribution < -0.4 is 0 Å². The fourth-order valence-electron chi connectivity index (χ4n) is 1.06. The standard InChI is InChI=1S/C9H6FN3O2S/c10-6-5(8(14)15)1-2-11-7(6)16-9-12-3-4-13-9/h1-4H,(H,12,13)(H,14,15). The molecule has 0 aliphatic carbocycles. The van der Waals surface area contributed by atoms with Crippen molar-refractivity contribution in [1.29, 1.82) is 0 Å². The summed E-state index contributed by atoms with van der Waals surface area (Å²) >= 11 is 0.936. The van der Waals surface area contributed by atoms with Gasteiger partial charge in [0.1, 0.15) is 5.03 Å². The van der Waals surface area contributed by atoms with Gasteiger partial charge in [0, 0.05) is 18.6 Å². The summed E-state index contributed by atoms with van der Waals surface area (Å²) in [7, 11) is 0. The molecule has 0 spiro atoms. The predicted molar refractivity (Wildman–Crippen MR) is 53.9 cm³/mol. The van der Waals surface area contributed by atoms with Crippen LogP contribution >= 0.6 is 11.8 Å². The Morgan fingerprint density at radius 3 is 2.88 bits per heavy atom. The molecule has 7 heteroatoms. The molecule has 0 aliphatic heterocycles. The van der Waals surface area contributed by atoms with Gasteiger partial charge in [-0.1, -0.05) is 0 Å². The third-order valence-electron chi connectivity index (χ3n) is 1.75. The lowest BCUT2D eigenvalue weighted by atomic mass is 10.3. The van der Waals surface area contributed by atoms with Gasteiger partial charge in [-0.05, 0) is 17.8 Å². The van der Waals surface area contributed by atoms with Crippen molar-refractivity contribution in [2.45, 2.75) is 10.2 Å². The van der Waals surface area contributed by atoms with Gasteiger partial charge in [0.2, 0.25) is 0 Å². The Bertz CT molecular complexity index is 515. The zero-order valence-electron chi connectivity index (χ0n) is 7.85. The third kappa shape index (κ3) is 2.03. The van der Waals surface area contributed by atoms with Gasteiger partial charge < -0.3 is 10.1 Å². The Kier molecular flexibility index (Phi) is 2.86. The molecule has 5 nitrogen and oxygen atoms in total. The molecule has 2 rings (SSSR count). The molecule has 82 valence electrons. The van der Waals surface area contributed by atoms with Crippen LogP contribution in [0.5, 0.6) is 0 Å². The second-order valence-electron chi connectivity index (χ2n) is 2.78. The fraction of sp³-hybridized carbons (Fsp3) is 0. The van der Waals surface area contributed by atoms with Crippen LogP contribution in [-0.2, 0) is 0 Å². The number of halogens is 1. The van der Waals surface area contributed by atoms with Crippen molar-refractivity contribution < 1.29 is 14.3 Å². The average Bonchev–Trinajstić information content (AvgIpc) is 2.73. The van der Waals surface area contributed by atoms with Crippen LogP contribution in [0.15, 0.2) is 34.8 Å². The van der Waals surface area contributed by atoms with E-state index in [0.29, 0.717) is 5.16 Å². The van der Waals surface area contributed by atoms with Gasteiger partial charge in [-0.3, -0.25) is 0 Å². The molecule has 2 aromatic heterocycles. The minimum atomic E-state index is -1.32. The lowest BCUT2D eigenvalue weighted by Crippen LogP contribution is -2.02. The van der Waals surface area contributed by atoms with Crippen molar-refractivity contribution >= 4 is 17.7 Å². The fourth-order valence-corrected chi connectivity index (χ4v) is 1.80. The lowest BCUT2D eigenvalue weighted by molar-refractivity contribution is 0.0691. The normalized spacial score (nSPS) is 10.3. The highest BCUT2D eigenvalue weighted by molar-refractivity contribution is 7.99. The summed E-state index contributed by atoms with van der Waals surface area (Å²) in [5.41, 5.74) is -0.399. The van der Waals surface area contributed by atoms with Crippen LogP contribution in [-0.4, -0.2) is 26.0 Å². The molecule has 0 amide bonds. The first-order valence-corrected chi connectivity index (χ1v) is 5.05. The number of hydrogen-bond donors (Lipinski definition) is 2. The van der Waals surface area contributed by atoms with Gasteiger partial charge in [0.05, 0.1) is 5.56 Å². The number of carbonyl (C=O) groups is 1. The molecule has 0 saturated heterocycles. The number of rotatable bonds is 3. The van der Waals surface area contributed by atoms with Crippen LogP contribution in [0.4, 0.5) is 4.39 Å². The Labute approximate surface area is 93.7 Å². The first-order valence-electron chi connectivity index (χ1n) is 4.23. The van der Waals surface area contributed by atoms with Crippen LogP contribution in [0.25, 0.3) is 0 Å². The molecular formula is C9H6FN3O2S. The number of nitrogens with zero attached hydrogens (tertiary/aromatic N) is 2. The maximum Gasteiger partial charge on any atom is 0.338 e. The molecule has 0 aliphatic rings. The van der Waals surface area contributed by atoms with E-state index in [-0.39, 0.29) is 5.03 Å². The maximum atomic E-state index is 13.6. The molecule has 0 radical (unpaired) electrons. The Morgan fingerprint density at radius 2 is 2.25 bits per heavy atom. The topological polar surface area (TPSA) is 78.9 Å². The molecule has 2 N–H and O–H groups in total. The molecule has 0 atom stereocenters. The number of carboxylic acid groups (broad SMARTS) is 1. The van der Waals surface area contributed by atoms with Crippen molar-refractivity contribution in [2.75, 3.05) is 0 Å². The van der Waals surface area contributed by atoms with Crippen LogP contribution in [0.2, 0.25) is 0 Å². The minimum absolute atomic E-state index is 0.0187. The average molecular weight is 239 g/mol.